The Hall–Kier alpha value is -3.89. The number of ether oxygens (including phenoxy) is 3. The van der Waals surface area contributed by atoms with Gasteiger partial charge >= 0.3 is 0 Å². The minimum atomic E-state index is -0.456. The number of methoxy groups -OCH3 is 2. The van der Waals surface area contributed by atoms with Gasteiger partial charge in [-0.25, -0.2) is 4.39 Å². The molecule has 0 unspecified atom stereocenters. The number of carbonyl (C=O) groups excluding carboxylic acids is 2. The van der Waals surface area contributed by atoms with Crippen LogP contribution in [-0.4, -0.2) is 37.0 Å². The Balaban J connectivity index is 1.45. The highest BCUT2D eigenvalue weighted by atomic mass is 32.2. The van der Waals surface area contributed by atoms with Gasteiger partial charge in [-0.1, -0.05) is 48.2 Å². The fourth-order valence-electron chi connectivity index (χ4n) is 3.43. The highest BCUT2D eigenvalue weighted by molar-refractivity contribution is 8.27. The van der Waals surface area contributed by atoms with Crippen LogP contribution < -0.4 is 24.4 Å². The molecular weight excluding hydrogens is 503 g/mol. The van der Waals surface area contributed by atoms with Crippen LogP contribution in [0.5, 0.6) is 17.2 Å². The van der Waals surface area contributed by atoms with E-state index in [0.717, 1.165) is 11.8 Å². The molecule has 1 N–H and O–H groups in total. The second-order valence-corrected chi connectivity index (χ2v) is 9.12. The quantitative estimate of drug-likeness (QED) is 0.318. The fourth-order valence-corrected chi connectivity index (χ4v) is 4.73. The lowest BCUT2D eigenvalue weighted by molar-refractivity contribution is -0.118. The number of nitrogens with one attached hydrogen (secondary N) is 1. The summed E-state index contributed by atoms with van der Waals surface area (Å²) in [5.74, 6) is 0.110. The molecule has 0 bridgehead atoms. The van der Waals surface area contributed by atoms with E-state index in [2.05, 4.69) is 5.32 Å². The van der Waals surface area contributed by atoms with Gasteiger partial charge in [0.25, 0.3) is 11.8 Å². The van der Waals surface area contributed by atoms with E-state index in [4.69, 9.17) is 26.4 Å². The van der Waals surface area contributed by atoms with Crippen molar-refractivity contribution in [3.8, 4) is 17.2 Å². The van der Waals surface area contributed by atoms with Crippen LogP contribution in [-0.2, 0) is 9.59 Å². The van der Waals surface area contributed by atoms with Crippen molar-refractivity contribution in [1.29, 1.82) is 0 Å². The third-order valence-electron chi connectivity index (χ3n) is 5.09. The molecule has 1 aliphatic heterocycles. The lowest BCUT2D eigenvalue weighted by Crippen LogP contribution is -2.27. The first-order valence-corrected chi connectivity index (χ1v) is 11.9. The van der Waals surface area contributed by atoms with Gasteiger partial charge in [0, 0.05) is 0 Å². The van der Waals surface area contributed by atoms with Crippen molar-refractivity contribution < 1.29 is 28.2 Å². The number of anilines is 2. The van der Waals surface area contributed by atoms with Gasteiger partial charge in [-0.05, 0) is 54.1 Å². The van der Waals surface area contributed by atoms with Crippen LogP contribution in [0.3, 0.4) is 0 Å². The number of benzene rings is 3. The molecule has 2 amide bonds. The van der Waals surface area contributed by atoms with Gasteiger partial charge in [-0.15, -0.1) is 0 Å². The molecule has 3 aromatic rings. The first kappa shape index (κ1) is 25.2. The second kappa shape index (κ2) is 11.2. The Bertz CT molecular complexity index is 1360. The molecule has 1 aliphatic rings. The summed E-state index contributed by atoms with van der Waals surface area (Å²) >= 11 is 6.47. The van der Waals surface area contributed by atoms with Crippen LogP contribution in [0.15, 0.2) is 71.6 Å². The van der Waals surface area contributed by atoms with Crippen molar-refractivity contribution in [3.63, 3.8) is 0 Å². The summed E-state index contributed by atoms with van der Waals surface area (Å²) in [6.45, 7) is -0.250. The molecule has 0 atom stereocenters. The van der Waals surface area contributed by atoms with E-state index < -0.39 is 5.82 Å². The third kappa shape index (κ3) is 5.67. The molecular formula is C26H21FN2O5S2. The second-order valence-electron chi connectivity index (χ2n) is 7.44. The predicted molar refractivity (Wildman–Crippen MR) is 142 cm³/mol. The van der Waals surface area contributed by atoms with Crippen LogP contribution in [0, 0.1) is 5.82 Å². The third-order valence-corrected chi connectivity index (χ3v) is 6.39. The summed E-state index contributed by atoms with van der Waals surface area (Å²) in [5, 5.41) is 2.74. The number of hydrogen-bond acceptors (Lipinski definition) is 7. The number of nitrogens with zero attached hydrogens (tertiary/aromatic N) is 1. The number of para-hydroxylation sites is 2. The van der Waals surface area contributed by atoms with Gasteiger partial charge < -0.3 is 19.5 Å². The molecule has 3 aromatic carbocycles. The SMILES string of the molecule is COc1ccccc1NC(=O)COc1ccc(/C=C2/SC(=S)N(c3cccc(F)c3)C2=O)cc1OC. The zero-order chi connectivity index (χ0) is 25.7. The van der Waals surface area contributed by atoms with Crippen LogP contribution in [0.1, 0.15) is 5.56 Å². The number of hydrogen-bond donors (Lipinski definition) is 1. The summed E-state index contributed by atoms with van der Waals surface area (Å²) in [4.78, 5) is 27.0. The van der Waals surface area contributed by atoms with Crippen molar-refractivity contribution in [1.82, 2.24) is 0 Å². The van der Waals surface area contributed by atoms with Crippen molar-refractivity contribution in [2.75, 3.05) is 31.0 Å². The Kier molecular flexibility index (Phi) is 7.87. The largest absolute Gasteiger partial charge is 0.495 e. The first-order chi connectivity index (χ1) is 17.4. The molecule has 0 radical (unpaired) electrons. The van der Waals surface area contributed by atoms with Crippen molar-refractivity contribution >= 4 is 57.6 Å². The lowest BCUT2D eigenvalue weighted by atomic mass is 10.2. The van der Waals surface area contributed by atoms with Crippen molar-refractivity contribution in [2.24, 2.45) is 0 Å². The molecule has 1 saturated heterocycles. The first-order valence-electron chi connectivity index (χ1n) is 10.7. The molecule has 36 heavy (non-hydrogen) atoms. The molecule has 0 saturated carbocycles. The summed E-state index contributed by atoms with van der Waals surface area (Å²) < 4.78 is 30.2. The van der Waals surface area contributed by atoms with Crippen LogP contribution in [0.2, 0.25) is 0 Å². The number of carbonyl (C=O) groups is 2. The van der Waals surface area contributed by atoms with Gasteiger partial charge in [0.15, 0.2) is 22.4 Å². The number of thioether (sulfide) groups is 1. The Morgan fingerprint density at radius 1 is 1.03 bits per heavy atom. The topological polar surface area (TPSA) is 77.1 Å². The van der Waals surface area contributed by atoms with Gasteiger partial charge in [0.1, 0.15) is 11.6 Å². The van der Waals surface area contributed by atoms with Crippen molar-refractivity contribution in [3.05, 3.63) is 83.0 Å². The summed E-state index contributed by atoms with van der Waals surface area (Å²) in [6.07, 6.45) is 1.67. The normalized spacial score (nSPS) is 14.2. The maximum atomic E-state index is 13.6. The molecule has 184 valence electrons. The maximum absolute atomic E-state index is 13.6. The van der Waals surface area contributed by atoms with Gasteiger partial charge in [-0.3, -0.25) is 14.5 Å². The number of halogens is 1. The Morgan fingerprint density at radius 2 is 1.81 bits per heavy atom. The summed E-state index contributed by atoms with van der Waals surface area (Å²) in [6, 6.07) is 17.8. The Labute approximate surface area is 216 Å². The molecule has 4 rings (SSSR count). The summed E-state index contributed by atoms with van der Waals surface area (Å²) in [5.41, 5.74) is 1.57. The van der Waals surface area contributed by atoms with Crippen molar-refractivity contribution in [2.45, 2.75) is 0 Å². The number of amides is 2. The minimum absolute atomic E-state index is 0.250. The van der Waals surface area contributed by atoms with Crippen LogP contribution in [0.4, 0.5) is 15.8 Å². The summed E-state index contributed by atoms with van der Waals surface area (Å²) in [7, 11) is 3.00. The van der Waals surface area contributed by atoms with Crippen LogP contribution >= 0.6 is 24.0 Å². The molecule has 0 aliphatic carbocycles. The predicted octanol–water partition coefficient (Wildman–Crippen LogP) is 5.27. The molecule has 10 heteroatoms. The standard InChI is InChI=1S/C26H21FN2O5S2/c1-32-20-9-4-3-8-19(20)28-24(30)15-34-21-11-10-16(12-22(21)33-2)13-23-25(31)29(26(35)36-23)18-7-5-6-17(27)14-18/h3-14H,15H2,1-2H3,(H,28,30)/b23-13+. The number of rotatable bonds is 8. The van der Waals surface area contributed by atoms with E-state index in [1.165, 1.54) is 37.3 Å². The van der Waals surface area contributed by atoms with E-state index in [0.29, 0.717) is 43.4 Å². The molecule has 0 aromatic heterocycles. The van der Waals surface area contributed by atoms with Gasteiger partial charge in [0.05, 0.1) is 30.5 Å². The fraction of sp³-hybridized carbons (Fsp3) is 0.115. The highest BCUT2D eigenvalue weighted by Crippen LogP contribution is 2.37. The van der Waals surface area contributed by atoms with Gasteiger partial charge in [-0.2, -0.15) is 0 Å². The van der Waals surface area contributed by atoms with E-state index in [-0.39, 0.29) is 18.4 Å². The molecule has 7 nitrogen and oxygen atoms in total. The Morgan fingerprint density at radius 3 is 2.56 bits per heavy atom. The molecule has 1 fully saturated rings. The average molecular weight is 525 g/mol. The monoisotopic (exact) mass is 524 g/mol. The lowest BCUT2D eigenvalue weighted by Gasteiger charge is -2.14. The average Bonchev–Trinajstić information content (AvgIpc) is 3.15. The van der Waals surface area contributed by atoms with Gasteiger partial charge in [0.2, 0.25) is 0 Å². The maximum Gasteiger partial charge on any atom is 0.270 e. The van der Waals surface area contributed by atoms with Crippen LogP contribution in [0.25, 0.3) is 6.08 Å². The molecule has 1 heterocycles. The van der Waals surface area contributed by atoms with E-state index in [9.17, 15) is 14.0 Å². The smallest absolute Gasteiger partial charge is 0.270 e. The number of thiocarbonyl (C=S) groups is 1. The van der Waals surface area contributed by atoms with E-state index in [1.807, 2.05) is 0 Å². The zero-order valence-corrected chi connectivity index (χ0v) is 21.0. The molecule has 0 spiro atoms. The minimum Gasteiger partial charge on any atom is -0.495 e. The zero-order valence-electron chi connectivity index (χ0n) is 19.3. The van der Waals surface area contributed by atoms with E-state index >= 15 is 0 Å². The highest BCUT2D eigenvalue weighted by Gasteiger charge is 2.33. The van der Waals surface area contributed by atoms with E-state index in [1.54, 1.807) is 54.6 Å².